The molecule has 0 heterocycles. The standard InChI is InChI=1S/C10H10Br2O.C10H11BrO.2BrH.Cu/c1-7(13)10(12)6-8-3-2-4-9(11)5-8;1-8(12)5-6-9-3-2-4-10(11)7-9;;;/h2-5,10H,6H2,1H3;2-4,7H,5-6H2,1H3;2*1H;/q;;;;+2/p-2. The Morgan fingerprint density at radius 3 is 1.82 bits per heavy atom. The van der Waals surface area contributed by atoms with Crippen LogP contribution < -0.4 is 0 Å². The van der Waals surface area contributed by atoms with E-state index in [9.17, 15) is 9.59 Å². The van der Waals surface area contributed by atoms with Gasteiger partial charge >= 0.3 is 39.6 Å². The van der Waals surface area contributed by atoms with Crippen LogP contribution in [0.2, 0.25) is 0 Å². The molecule has 0 saturated heterocycles. The van der Waals surface area contributed by atoms with Crippen LogP contribution in [0.4, 0.5) is 0 Å². The van der Waals surface area contributed by atoms with Gasteiger partial charge in [-0.2, -0.15) is 0 Å². The zero-order chi connectivity index (χ0) is 21.5. The number of hydrogen-bond donors (Lipinski definition) is 0. The molecule has 8 heteroatoms. The third kappa shape index (κ3) is 15.5. The van der Waals surface area contributed by atoms with Crippen LogP contribution in [-0.4, -0.2) is 16.4 Å². The number of alkyl halides is 1. The van der Waals surface area contributed by atoms with Crippen molar-refractivity contribution in [1.82, 2.24) is 0 Å². The molecule has 0 spiro atoms. The molecule has 2 aromatic rings. The average molecular weight is 756 g/mol. The summed E-state index contributed by atoms with van der Waals surface area (Å²) < 4.78 is 2.12. The topological polar surface area (TPSA) is 34.1 Å². The van der Waals surface area contributed by atoms with Crippen molar-refractivity contribution in [3.8, 4) is 0 Å². The Morgan fingerprint density at radius 1 is 0.929 bits per heavy atom. The van der Waals surface area contributed by atoms with Gasteiger partial charge < -0.3 is 4.79 Å². The van der Waals surface area contributed by atoms with Gasteiger partial charge in [0.2, 0.25) is 0 Å². The van der Waals surface area contributed by atoms with Crippen molar-refractivity contribution in [1.29, 1.82) is 0 Å². The Hall–Kier alpha value is 0.699. The molecule has 0 aromatic heterocycles. The number of carbonyl (C=O) groups excluding carboxylic acids is 2. The summed E-state index contributed by atoms with van der Waals surface area (Å²) in [5, 5.41) is 0. The summed E-state index contributed by atoms with van der Waals surface area (Å²) in [5.41, 5.74) is 2.37. The molecule has 2 aromatic carbocycles. The number of aryl methyl sites for hydroxylation is 1. The molecule has 2 nitrogen and oxygen atoms in total. The van der Waals surface area contributed by atoms with Gasteiger partial charge in [0.25, 0.3) is 0 Å². The Bertz CT molecular complexity index is 740. The summed E-state index contributed by atoms with van der Waals surface area (Å²) in [6.45, 7) is 3.22. The van der Waals surface area contributed by atoms with Crippen molar-refractivity contribution in [3.63, 3.8) is 0 Å². The van der Waals surface area contributed by atoms with Gasteiger partial charge in [0.05, 0.1) is 4.83 Å². The average Bonchev–Trinajstić information content (AvgIpc) is 2.61. The normalized spacial score (nSPS) is 10.8. The molecule has 0 aliphatic rings. The van der Waals surface area contributed by atoms with E-state index in [0.717, 1.165) is 27.4 Å². The van der Waals surface area contributed by atoms with Gasteiger partial charge in [-0.3, -0.25) is 4.79 Å². The molecule has 2 rings (SSSR count). The molecule has 1 atom stereocenters. The number of halogens is 5. The Labute approximate surface area is 212 Å². The summed E-state index contributed by atoms with van der Waals surface area (Å²) in [7, 11) is 0. The molecule has 28 heavy (non-hydrogen) atoms. The second kappa shape index (κ2) is 17.4. The van der Waals surface area contributed by atoms with E-state index in [1.807, 2.05) is 48.5 Å². The van der Waals surface area contributed by atoms with E-state index in [2.05, 4.69) is 76.0 Å². The fourth-order valence-corrected chi connectivity index (χ4v) is 3.29. The monoisotopic (exact) mass is 751 g/mol. The van der Waals surface area contributed by atoms with E-state index in [1.54, 1.807) is 13.8 Å². The van der Waals surface area contributed by atoms with Crippen LogP contribution in [0, 0.1) is 0 Å². The van der Waals surface area contributed by atoms with E-state index in [-0.39, 0.29) is 16.4 Å². The predicted molar refractivity (Wildman–Crippen MR) is 132 cm³/mol. The Morgan fingerprint density at radius 2 is 1.39 bits per heavy atom. The second-order valence-electron chi connectivity index (χ2n) is 5.79. The summed E-state index contributed by atoms with van der Waals surface area (Å²) >= 11 is 17.5. The number of hydrogen-bond acceptors (Lipinski definition) is 2. The molecule has 1 unspecified atom stereocenters. The van der Waals surface area contributed by atoms with Crippen LogP contribution in [0.1, 0.15) is 31.4 Å². The molecule has 0 N–H and O–H groups in total. The first-order chi connectivity index (χ1) is 13.2. The third-order valence-corrected chi connectivity index (χ3v) is 5.35. The van der Waals surface area contributed by atoms with Crippen molar-refractivity contribution in [2.45, 2.75) is 37.9 Å². The van der Waals surface area contributed by atoms with Gasteiger partial charge in [-0.1, -0.05) is 72.1 Å². The first-order valence-corrected chi connectivity index (χ1v) is 15.3. The molecule has 0 fully saturated rings. The summed E-state index contributed by atoms with van der Waals surface area (Å²) in [5.74, 6) is 0.412. The minimum absolute atomic E-state index is 0.0678. The minimum atomic E-state index is -0.0678. The number of carbonyl (C=O) groups is 2. The van der Waals surface area contributed by atoms with Gasteiger partial charge in [0.15, 0.2) is 0 Å². The van der Waals surface area contributed by atoms with Crippen molar-refractivity contribution in [2.24, 2.45) is 0 Å². The maximum atomic E-state index is 11.0. The van der Waals surface area contributed by atoms with Crippen LogP contribution in [0.5, 0.6) is 0 Å². The molecule has 0 bridgehead atoms. The molecule has 0 radical (unpaired) electrons. The fraction of sp³-hybridized carbons (Fsp3) is 0.300. The van der Waals surface area contributed by atoms with Crippen LogP contribution in [0.25, 0.3) is 0 Å². The predicted octanol–water partition coefficient (Wildman–Crippen LogP) is 8.00. The van der Waals surface area contributed by atoms with Crippen molar-refractivity contribution < 1.29 is 20.9 Å². The van der Waals surface area contributed by atoms with Gasteiger partial charge in [0.1, 0.15) is 11.6 Å². The molecule has 159 valence electrons. The van der Waals surface area contributed by atoms with Crippen molar-refractivity contribution >= 4 is 87.6 Å². The van der Waals surface area contributed by atoms with E-state index >= 15 is 0 Å². The van der Waals surface area contributed by atoms with Gasteiger partial charge in [-0.05, 0) is 62.1 Å². The molecular formula is C20H21Br5CuO2. The number of Topliss-reactive ketones (excluding diaryl/α,β-unsaturated/α-hetero) is 2. The number of rotatable bonds is 6. The number of benzene rings is 2. The van der Waals surface area contributed by atoms with Crippen LogP contribution >= 0.6 is 76.0 Å². The molecular weight excluding hydrogens is 735 g/mol. The molecule has 0 aliphatic carbocycles. The van der Waals surface area contributed by atoms with Gasteiger partial charge in [0, 0.05) is 15.4 Å². The number of ketones is 2. The van der Waals surface area contributed by atoms with Gasteiger partial charge in [-0.15, -0.1) is 0 Å². The molecule has 0 amide bonds. The Kier molecular flexibility index (Phi) is 17.8. The fourth-order valence-electron chi connectivity index (χ4n) is 2.03. The first-order valence-electron chi connectivity index (χ1n) is 8.13. The van der Waals surface area contributed by atoms with Crippen LogP contribution in [0.3, 0.4) is 0 Å². The zero-order valence-corrected chi connectivity index (χ0v) is 24.2. The van der Waals surface area contributed by atoms with Gasteiger partial charge in [-0.25, -0.2) is 0 Å². The Balaban J connectivity index is 0.000000458. The zero-order valence-electron chi connectivity index (χ0n) is 15.3. The summed E-state index contributed by atoms with van der Waals surface area (Å²) in [6.07, 6.45) is 2.22. The first kappa shape index (κ1) is 28.7. The molecule has 0 aliphatic heterocycles. The third-order valence-electron chi connectivity index (χ3n) is 3.40. The van der Waals surface area contributed by atoms with E-state index in [1.165, 1.54) is 16.9 Å². The second-order valence-corrected chi connectivity index (χ2v) is 13.5. The van der Waals surface area contributed by atoms with Crippen LogP contribution in [-0.2, 0) is 33.8 Å². The SMILES string of the molecule is CC(=O)C(Br)Cc1cccc(Br)c1.CC(=O)CCc1cccc(Br)c1.[Br][Cu][Br]. The van der Waals surface area contributed by atoms with E-state index < -0.39 is 0 Å². The van der Waals surface area contributed by atoms with E-state index in [4.69, 9.17) is 0 Å². The quantitative estimate of drug-likeness (QED) is 0.221. The van der Waals surface area contributed by atoms with Crippen molar-refractivity contribution in [3.05, 3.63) is 68.6 Å². The van der Waals surface area contributed by atoms with E-state index in [0.29, 0.717) is 6.42 Å². The maximum absolute atomic E-state index is 11.0. The van der Waals surface area contributed by atoms with Crippen LogP contribution in [0.15, 0.2) is 57.5 Å². The summed E-state index contributed by atoms with van der Waals surface area (Å²) in [6, 6.07) is 16.0. The summed E-state index contributed by atoms with van der Waals surface area (Å²) in [4.78, 5) is 21.6. The van der Waals surface area contributed by atoms with Crippen molar-refractivity contribution in [2.75, 3.05) is 0 Å². The molecule has 0 saturated carbocycles.